The molecule has 19 heavy (non-hydrogen) atoms. The lowest BCUT2D eigenvalue weighted by atomic mass is 9.95. The molecule has 2 heterocycles. The van der Waals surface area contributed by atoms with E-state index in [0.29, 0.717) is 5.92 Å². The molecule has 3 nitrogen and oxygen atoms in total. The number of nitrogens with zero attached hydrogens (tertiary/aromatic N) is 2. The van der Waals surface area contributed by atoms with Gasteiger partial charge in [0.1, 0.15) is 0 Å². The highest BCUT2D eigenvalue weighted by Gasteiger charge is 2.25. The van der Waals surface area contributed by atoms with Gasteiger partial charge in [0.05, 0.1) is 11.3 Å². The summed E-state index contributed by atoms with van der Waals surface area (Å²) >= 11 is 3.49. The third kappa shape index (κ3) is 3.56. The predicted molar refractivity (Wildman–Crippen MR) is 80.7 cm³/mol. The van der Waals surface area contributed by atoms with Gasteiger partial charge in [-0.15, -0.1) is 0 Å². The molecule has 0 aliphatic carbocycles. The molecular formula is C15H21BrN2O. The van der Waals surface area contributed by atoms with Crippen LogP contribution in [0.5, 0.6) is 0 Å². The van der Waals surface area contributed by atoms with Crippen molar-refractivity contribution in [2.75, 3.05) is 18.4 Å². The predicted octanol–water partition coefficient (Wildman–Crippen LogP) is 3.34. The number of piperidine rings is 1. The normalized spacial score (nSPS) is 19.5. The first kappa shape index (κ1) is 14.5. The van der Waals surface area contributed by atoms with Crippen LogP contribution < -0.4 is 0 Å². The maximum absolute atomic E-state index is 12.6. The van der Waals surface area contributed by atoms with Crippen molar-refractivity contribution < 1.29 is 4.79 Å². The van der Waals surface area contributed by atoms with Crippen molar-refractivity contribution in [3.05, 3.63) is 29.1 Å². The molecule has 0 aromatic carbocycles. The topological polar surface area (TPSA) is 33.2 Å². The quantitative estimate of drug-likeness (QED) is 0.799. The maximum atomic E-state index is 12.6. The van der Waals surface area contributed by atoms with E-state index in [4.69, 9.17) is 0 Å². The van der Waals surface area contributed by atoms with Crippen molar-refractivity contribution in [2.24, 2.45) is 5.92 Å². The Morgan fingerprint density at radius 2 is 2.26 bits per heavy atom. The van der Waals surface area contributed by atoms with E-state index in [2.05, 4.69) is 20.9 Å². The van der Waals surface area contributed by atoms with E-state index in [1.165, 1.54) is 6.42 Å². The molecule has 0 bridgehead atoms. The molecule has 1 aliphatic heterocycles. The van der Waals surface area contributed by atoms with Crippen LogP contribution in [-0.4, -0.2) is 34.2 Å². The van der Waals surface area contributed by atoms with Crippen LogP contribution in [0.1, 0.15) is 41.0 Å². The fourth-order valence-electron chi connectivity index (χ4n) is 2.72. The zero-order valence-corrected chi connectivity index (χ0v) is 13.2. The molecule has 1 aliphatic rings. The summed E-state index contributed by atoms with van der Waals surface area (Å²) in [4.78, 5) is 18.9. The van der Waals surface area contributed by atoms with Gasteiger partial charge in [0.15, 0.2) is 0 Å². The highest BCUT2D eigenvalue weighted by Crippen LogP contribution is 2.22. The summed E-state index contributed by atoms with van der Waals surface area (Å²) in [5, 5.41) is 1.02. The van der Waals surface area contributed by atoms with Crippen molar-refractivity contribution in [1.82, 2.24) is 9.88 Å². The number of halogens is 1. The summed E-state index contributed by atoms with van der Waals surface area (Å²) in [5.74, 6) is 0.778. The number of aromatic nitrogens is 1. The lowest BCUT2D eigenvalue weighted by Crippen LogP contribution is -2.40. The molecule has 2 rings (SSSR count). The van der Waals surface area contributed by atoms with Crippen molar-refractivity contribution >= 4 is 21.8 Å². The van der Waals surface area contributed by atoms with Crippen molar-refractivity contribution in [1.29, 1.82) is 0 Å². The number of likely N-dealkylation sites (tertiary alicyclic amines) is 1. The van der Waals surface area contributed by atoms with E-state index in [1.807, 2.05) is 30.9 Å². The summed E-state index contributed by atoms with van der Waals surface area (Å²) in [6, 6.07) is 3.83. The molecule has 1 fully saturated rings. The van der Waals surface area contributed by atoms with Crippen LogP contribution in [0, 0.1) is 19.8 Å². The molecular weight excluding hydrogens is 304 g/mol. The van der Waals surface area contributed by atoms with Gasteiger partial charge in [-0.25, -0.2) is 0 Å². The number of hydrogen-bond acceptors (Lipinski definition) is 2. The fraction of sp³-hybridized carbons (Fsp3) is 0.600. The van der Waals surface area contributed by atoms with E-state index in [0.717, 1.165) is 48.2 Å². The van der Waals surface area contributed by atoms with Crippen molar-refractivity contribution in [3.8, 4) is 0 Å². The number of hydrogen-bond donors (Lipinski definition) is 0. The summed E-state index contributed by atoms with van der Waals surface area (Å²) in [6.45, 7) is 5.64. The highest BCUT2D eigenvalue weighted by atomic mass is 79.9. The molecule has 104 valence electrons. The number of amides is 1. The number of carbonyl (C=O) groups excluding carboxylic acids is 1. The molecule has 0 radical (unpaired) electrons. The minimum Gasteiger partial charge on any atom is -0.338 e. The number of rotatable bonds is 3. The second-order valence-corrected chi connectivity index (χ2v) is 6.12. The number of aryl methyl sites for hydroxylation is 2. The van der Waals surface area contributed by atoms with E-state index in [-0.39, 0.29) is 5.91 Å². The molecule has 1 aromatic heterocycles. The first-order chi connectivity index (χ1) is 9.11. The van der Waals surface area contributed by atoms with Gasteiger partial charge in [-0.05, 0) is 51.2 Å². The number of pyridine rings is 1. The molecule has 1 atom stereocenters. The second kappa shape index (κ2) is 6.51. The first-order valence-electron chi connectivity index (χ1n) is 6.91. The zero-order valence-electron chi connectivity index (χ0n) is 11.7. The summed E-state index contributed by atoms with van der Waals surface area (Å²) < 4.78 is 0. The van der Waals surface area contributed by atoms with Gasteiger partial charge in [-0.2, -0.15) is 0 Å². The second-order valence-electron chi connectivity index (χ2n) is 5.32. The van der Waals surface area contributed by atoms with Crippen LogP contribution >= 0.6 is 15.9 Å². The Bertz CT molecular complexity index is 459. The lowest BCUT2D eigenvalue weighted by Gasteiger charge is -2.32. The highest BCUT2D eigenvalue weighted by molar-refractivity contribution is 9.09. The van der Waals surface area contributed by atoms with Crippen LogP contribution in [0.15, 0.2) is 12.1 Å². The van der Waals surface area contributed by atoms with Gasteiger partial charge in [0.2, 0.25) is 0 Å². The van der Waals surface area contributed by atoms with Crippen LogP contribution in [0.4, 0.5) is 0 Å². The van der Waals surface area contributed by atoms with Gasteiger partial charge in [0, 0.05) is 24.1 Å². The molecule has 1 aromatic rings. The van der Waals surface area contributed by atoms with Gasteiger partial charge in [-0.1, -0.05) is 15.9 Å². The Kier molecular flexibility index (Phi) is 4.97. The maximum Gasteiger partial charge on any atom is 0.255 e. The number of carbonyl (C=O) groups is 1. The summed E-state index contributed by atoms with van der Waals surface area (Å²) in [7, 11) is 0. The van der Waals surface area contributed by atoms with Crippen LogP contribution in [0.3, 0.4) is 0 Å². The molecule has 0 spiro atoms. The van der Waals surface area contributed by atoms with Gasteiger partial charge >= 0.3 is 0 Å². The van der Waals surface area contributed by atoms with Crippen molar-refractivity contribution in [2.45, 2.75) is 33.1 Å². The Labute approximate surface area is 123 Å². The van der Waals surface area contributed by atoms with E-state index in [1.54, 1.807) is 0 Å². The zero-order chi connectivity index (χ0) is 13.8. The standard InChI is InChI=1S/C15H21BrN2O/c1-11-5-6-14(12(2)17-11)15(19)18-9-3-4-13(10-18)7-8-16/h5-6,13H,3-4,7-10H2,1-2H3. The SMILES string of the molecule is Cc1ccc(C(=O)N2CCCC(CCBr)C2)c(C)n1. The molecule has 1 unspecified atom stereocenters. The smallest absolute Gasteiger partial charge is 0.255 e. The molecule has 0 saturated carbocycles. The van der Waals surface area contributed by atoms with Crippen LogP contribution in [0.25, 0.3) is 0 Å². The van der Waals surface area contributed by atoms with Gasteiger partial charge in [-0.3, -0.25) is 9.78 Å². The van der Waals surface area contributed by atoms with Crippen LogP contribution in [-0.2, 0) is 0 Å². The van der Waals surface area contributed by atoms with E-state index in [9.17, 15) is 4.79 Å². The molecule has 4 heteroatoms. The molecule has 0 N–H and O–H groups in total. The molecule has 1 saturated heterocycles. The minimum atomic E-state index is 0.143. The average Bonchev–Trinajstić information content (AvgIpc) is 2.39. The third-order valence-corrected chi connectivity index (χ3v) is 4.24. The van der Waals surface area contributed by atoms with Crippen LogP contribution in [0.2, 0.25) is 0 Å². The Morgan fingerprint density at radius 3 is 2.95 bits per heavy atom. The Morgan fingerprint density at radius 1 is 1.47 bits per heavy atom. The first-order valence-corrected chi connectivity index (χ1v) is 8.03. The average molecular weight is 325 g/mol. The van der Waals surface area contributed by atoms with Gasteiger partial charge in [0.25, 0.3) is 5.91 Å². The molecule has 1 amide bonds. The van der Waals surface area contributed by atoms with E-state index >= 15 is 0 Å². The Hall–Kier alpha value is -0.900. The largest absolute Gasteiger partial charge is 0.338 e. The fourth-order valence-corrected chi connectivity index (χ4v) is 3.37. The monoisotopic (exact) mass is 324 g/mol. The summed E-state index contributed by atoms with van der Waals surface area (Å²) in [6.07, 6.45) is 3.50. The third-order valence-electron chi connectivity index (χ3n) is 3.78. The summed E-state index contributed by atoms with van der Waals surface area (Å²) in [5.41, 5.74) is 2.56. The number of alkyl halides is 1. The van der Waals surface area contributed by atoms with Crippen molar-refractivity contribution in [3.63, 3.8) is 0 Å². The van der Waals surface area contributed by atoms with Gasteiger partial charge < -0.3 is 4.90 Å². The van der Waals surface area contributed by atoms with E-state index < -0.39 is 0 Å². The Balaban J connectivity index is 2.10. The lowest BCUT2D eigenvalue weighted by molar-refractivity contribution is 0.0670. The minimum absolute atomic E-state index is 0.143.